The van der Waals surface area contributed by atoms with Gasteiger partial charge in [0.05, 0.1) is 35.7 Å². The van der Waals surface area contributed by atoms with Gasteiger partial charge in [0.25, 0.3) is 5.91 Å². The maximum atomic E-state index is 12.8. The summed E-state index contributed by atoms with van der Waals surface area (Å²) in [6.45, 7) is 7.37. The highest BCUT2D eigenvalue weighted by molar-refractivity contribution is 7.91. The lowest BCUT2D eigenvalue weighted by Gasteiger charge is -2.27. The Morgan fingerprint density at radius 1 is 1.26 bits per heavy atom. The Labute approximate surface area is 208 Å². The van der Waals surface area contributed by atoms with Crippen LogP contribution in [0, 0.1) is 17.2 Å². The van der Waals surface area contributed by atoms with Gasteiger partial charge in [0, 0.05) is 30.4 Å². The van der Waals surface area contributed by atoms with Crippen LogP contribution in [0.4, 0.5) is 0 Å². The van der Waals surface area contributed by atoms with Crippen LogP contribution in [0.25, 0.3) is 0 Å². The van der Waals surface area contributed by atoms with Crippen LogP contribution < -0.4 is 5.32 Å². The fourth-order valence-corrected chi connectivity index (χ4v) is 5.87. The monoisotopic (exact) mass is 510 g/mol. The lowest BCUT2D eigenvalue weighted by molar-refractivity contribution is 0.0948. The number of nitrogens with zero attached hydrogens (tertiary/aromatic N) is 5. The second kappa shape index (κ2) is 10.2. The third-order valence-electron chi connectivity index (χ3n) is 5.87. The summed E-state index contributed by atoms with van der Waals surface area (Å²) in [5, 5.41) is 12.2. The van der Waals surface area contributed by atoms with Crippen molar-refractivity contribution in [3.05, 3.63) is 69.2 Å². The molecule has 1 N–H and O–H groups in total. The van der Waals surface area contributed by atoms with E-state index in [0.717, 1.165) is 22.7 Å². The van der Waals surface area contributed by atoms with Crippen molar-refractivity contribution < 1.29 is 13.2 Å². The van der Waals surface area contributed by atoms with Gasteiger partial charge >= 0.3 is 0 Å². The number of rotatable bonds is 8. The molecule has 11 heteroatoms. The third kappa shape index (κ3) is 5.40. The second-order valence-electron chi connectivity index (χ2n) is 8.65. The standard InChI is InChI=1S/C24H26N6O3S2/c1-4-35(32,33)18-10-26-20(27-11-18)12-28-23(31)24-29-21-19(34-24)14-30(22(21)15(2)3)13-17-7-5-16(9-25)6-8-17/h5-8,10-11,15,22H,4,12-14H2,1-3H3,(H,28,31). The van der Waals surface area contributed by atoms with Gasteiger partial charge in [-0.05, 0) is 23.6 Å². The number of carbonyl (C=O) groups excluding carboxylic acids is 1. The quantitative estimate of drug-likeness (QED) is 0.489. The molecule has 1 unspecified atom stereocenters. The smallest absolute Gasteiger partial charge is 0.280 e. The highest BCUT2D eigenvalue weighted by Crippen LogP contribution is 2.41. The summed E-state index contributed by atoms with van der Waals surface area (Å²) in [6.07, 6.45) is 2.53. The van der Waals surface area contributed by atoms with Gasteiger partial charge in [-0.25, -0.2) is 23.4 Å². The van der Waals surface area contributed by atoms with E-state index in [1.54, 1.807) is 6.92 Å². The number of sulfone groups is 1. The van der Waals surface area contributed by atoms with Gasteiger partial charge in [0.15, 0.2) is 14.8 Å². The van der Waals surface area contributed by atoms with E-state index < -0.39 is 9.84 Å². The summed E-state index contributed by atoms with van der Waals surface area (Å²) < 4.78 is 23.8. The zero-order chi connectivity index (χ0) is 25.2. The molecule has 1 aliphatic heterocycles. The maximum Gasteiger partial charge on any atom is 0.280 e. The molecule has 9 nitrogen and oxygen atoms in total. The molecule has 3 heterocycles. The van der Waals surface area contributed by atoms with Gasteiger partial charge in [-0.3, -0.25) is 9.69 Å². The lowest BCUT2D eigenvalue weighted by atomic mass is 10.0. The van der Waals surface area contributed by atoms with Crippen LogP contribution in [0.1, 0.15) is 64.1 Å². The van der Waals surface area contributed by atoms with E-state index in [0.29, 0.717) is 28.9 Å². The number of nitriles is 1. The summed E-state index contributed by atoms with van der Waals surface area (Å²) in [7, 11) is -3.37. The summed E-state index contributed by atoms with van der Waals surface area (Å²) in [4.78, 5) is 29.0. The summed E-state index contributed by atoms with van der Waals surface area (Å²) >= 11 is 1.39. The van der Waals surface area contributed by atoms with Crippen molar-refractivity contribution in [3.8, 4) is 6.07 Å². The average molecular weight is 511 g/mol. The SMILES string of the molecule is CCS(=O)(=O)c1cnc(CNC(=O)c2nc3c(s2)CN(Cc2ccc(C#N)cc2)C3C(C)C)nc1. The van der Waals surface area contributed by atoms with Gasteiger partial charge in [-0.2, -0.15) is 5.26 Å². The molecule has 2 aromatic heterocycles. The number of fused-ring (bicyclic) bond motifs is 1. The highest BCUT2D eigenvalue weighted by atomic mass is 32.2. The van der Waals surface area contributed by atoms with E-state index >= 15 is 0 Å². The molecule has 0 aliphatic carbocycles. The molecule has 3 aromatic rings. The highest BCUT2D eigenvalue weighted by Gasteiger charge is 2.36. The first-order valence-electron chi connectivity index (χ1n) is 11.3. The number of aromatic nitrogens is 3. The Morgan fingerprint density at radius 3 is 2.54 bits per heavy atom. The van der Waals surface area contributed by atoms with Gasteiger partial charge < -0.3 is 5.32 Å². The molecule has 4 rings (SSSR count). The molecule has 1 atom stereocenters. The predicted molar refractivity (Wildman–Crippen MR) is 131 cm³/mol. The van der Waals surface area contributed by atoms with Crippen LogP contribution in [0.5, 0.6) is 0 Å². The first-order chi connectivity index (χ1) is 16.7. The van der Waals surface area contributed by atoms with Gasteiger partial charge in [0.1, 0.15) is 10.7 Å². The summed E-state index contributed by atoms with van der Waals surface area (Å²) in [5.41, 5.74) is 2.70. The third-order valence-corrected chi connectivity index (χ3v) is 8.61. The van der Waals surface area contributed by atoms with Gasteiger partial charge in [-0.1, -0.05) is 32.9 Å². The Morgan fingerprint density at radius 2 is 1.94 bits per heavy atom. The van der Waals surface area contributed by atoms with E-state index in [2.05, 4.69) is 45.1 Å². The molecule has 1 aliphatic rings. The number of benzene rings is 1. The zero-order valence-electron chi connectivity index (χ0n) is 19.7. The molecule has 0 fully saturated rings. The molecule has 0 radical (unpaired) electrons. The molecule has 1 amide bonds. The predicted octanol–water partition coefficient (Wildman–Crippen LogP) is 3.24. The van der Waals surface area contributed by atoms with Crippen LogP contribution in [-0.4, -0.2) is 39.9 Å². The molecule has 35 heavy (non-hydrogen) atoms. The van der Waals surface area contributed by atoms with E-state index in [4.69, 9.17) is 5.26 Å². The maximum absolute atomic E-state index is 12.8. The van der Waals surface area contributed by atoms with Crippen molar-refractivity contribution in [3.63, 3.8) is 0 Å². The number of nitrogens with one attached hydrogen (secondary N) is 1. The molecule has 0 saturated carbocycles. The molecular weight excluding hydrogens is 484 g/mol. The van der Waals surface area contributed by atoms with Crippen molar-refractivity contribution in [2.45, 2.75) is 51.3 Å². The Bertz CT molecular complexity index is 1360. The normalized spacial score (nSPS) is 15.7. The number of hydrogen-bond donors (Lipinski definition) is 1. The Kier molecular flexibility index (Phi) is 7.25. The van der Waals surface area contributed by atoms with Crippen LogP contribution in [-0.2, 0) is 29.5 Å². The Hall–Kier alpha value is -3.20. The Balaban J connectivity index is 1.42. The minimum absolute atomic E-state index is 0.0244. The molecule has 0 spiro atoms. The molecule has 182 valence electrons. The van der Waals surface area contributed by atoms with Gasteiger partial charge in [0.2, 0.25) is 0 Å². The van der Waals surface area contributed by atoms with Crippen molar-refractivity contribution in [1.29, 1.82) is 5.26 Å². The molecule has 0 bridgehead atoms. The number of carbonyl (C=O) groups is 1. The van der Waals surface area contributed by atoms with E-state index in [1.807, 2.05) is 24.3 Å². The summed E-state index contributed by atoms with van der Waals surface area (Å²) in [6, 6.07) is 9.83. The van der Waals surface area contributed by atoms with Crippen LogP contribution in [0.15, 0.2) is 41.6 Å². The van der Waals surface area contributed by atoms with Crippen molar-refractivity contribution >= 4 is 27.1 Å². The minimum Gasteiger partial charge on any atom is -0.343 e. The van der Waals surface area contributed by atoms with Crippen LogP contribution in [0.3, 0.4) is 0 Å². The fourth-order valence-electron chi connectivity index (χ4n) is 4.07. The van der Waals surface area contributed by atoms with E-state index in [-0.39, 0.29) is 29.1 Å². The molecule has 1 aromatic carbocycles. The summed E-state index contributed by atoms with van der Waals surface area (Å²) in [5.74, 6) is 0.299. The first kappa shape index (κ1) is 24.9. The van der Waals surface area contributed by atoms with E-state index in [9.17, 15) is 13.2 Å². The lowest BCUT2D eigenvalue weighted by Crippen LogP contribution is -2.27. The number of hydrogen-bond acceptors (Lipinski definition) is 9. The zero-order valence-corrected chi connectivity index (χ0v) is 21.4. The largest absolute Gasteiger partial charge is 0.343 e. The molecular formula is C24H26N6O3S2. The average Bonchev–Trinajstić information content (AvgIpc) is 3.40. The first-order valence-corrected chi connectivity index (χ1v) is 13.7. The van der Waals surface area contributed by atoms with E-state index in [1.165, 1.54) is 23.7 Å². The van der Waals surface area contributed by atoms with Crippen molar-refractivity contribution in [2.24, 2.45) is 5.92 Å². The second-order valence-corrected chi connectivity index (χ2v) is 12.0. The van der Waals surface area contributed by atoms with Gasteiger partial charge in [-0.15, -0.1) is 11.3 Å². The minimum atomic E-state index is -3.37. The van der Waals surface area contributed by atoms with Crippen LogP contribution in [0.2, 0.25) is 0 Å². The number of amides is 1. The number of thiazole rings is 1. The molecule has 0 saturated heterocycles. The topological polar surface area (TPSA) is 129 Å². The van der Waals surface area contributed by atoms with Crippen molar-refractivity contribution in [1.82, 2.24) is 25.2 Å². The van der Waals surface area contributed by atoms with Crippen molar-refractivity contribution in [2.75, 3.05) is 5.75 Å². The fraction of sp³-hybridized carbons (Fsp3) is 0.375. The van der Waals surface area contributed by atoms with Crippen LogP contribution >= 0.6 is 11.3 Å².